The van der Waals surface area contributed by atoms with E-state index in [9.17, 15) is 9.18 Å². The Morgan fingerprint density at radius 2 is 2.18 bits per heavy atom. The molecule has 0 unspecified atom stereocenters. The van der Waals surface area contributed by atoms with Crippen LogP contribution in [-0.2, 0) is 11.3 Å². The topological polar surface area (TPSA) is 32.3 Å². The second-order valence-corrected chi connectivity index (χ2v) is 4.39. The number of amides is 1. The zero-order valence-corrected chi connectivity index (χ0v) is 10.7. The fourth-order valence-corrected chi connectivity index (χ4v) is 1.47. The first-order valence-electron chi connectivity index (χ1n) is 5.35. The van der Waals surface area contributed by atoms with Crippen LogP contribution in [0.3, 0.4) is 0 Å². The third-order valence-corrected chi connectivity index (χ3v) is 2.58. The van der Waals surface area contributed by atoms with E-state index in [0.29, 0.717) is 30.1 Å². The number of carbonyl (C=O) groups excluding carboxylic acids is 1. The molecule has 0 saturated heterocycles. The van der Waals surface area contributed by atoms with E-state index in [4.69, 9.17) is 11.6 Å². The van der Waals surface area contributed by atoms with Crippen molar-refractivity contribution < 1.29 is 9.18 Å². The minimum Gasteiger partial charge on any atom is -0.349 e. The lowest BCUT2D eigenvalue weighted by Gasteiger charge is -2.10. The van der Waals surface area contributed by atoms with Crippen molar-refractivity contribution in [2.24, 2.45) is 0 Å². The standard InChI is InChI=1S/C12H16ClFN2O/c1-16(2)12(17)5-6-15-8-9-3-4-10(13)7-11(9)14/h3-4,7,15H,5-6,8H2,1-2H3. The monoisotopic (exact) mass is 258 g/mol. The highest BCUT2D eigenvalue weighted by atomic mass is 35.5. The molecule has 1 rings (SSSR count). The zero-order valence-electron chi connectivity index (χ0n) is 9.96. The highest BCUT2D eigenvalue weighted by Crippen LogP contribution is 2.14. The molecule has 5 heteroatoms. The molecule has 94 valence electrons. The molecular formula is C12H16ClFN2O. The molecule has 17 heavy (non-hydrogen) atoms. The number of nitrogens with one attached hydrogen (secondary N) is 1. The van der Waals surface area contributed by atoms with Crippen molar-refractivity contribution in [3.8, 4) is 0 Å². The van der Waals surface area contributed by atoms with Gasteiger partial charge < -0.3 is 10.2 Å². The van der Waals surface area contributed by atoms with E-state index in [1.54, 1.807) is 26.2 Å². The summed E-state index contributed by atoms with van der Waals surface area (Å²) >= 11 is 5.64. The highest BCUT2D eigenvalue weighted by Gasteiger charge is 2.05. The fraction of sp³-hybridized carbons (Fsp3) is 0.417. The Morgan fingerprint density at radius 1 is 1.47 bits per heavy atom. The predicted molar refractivity (Wildman–Crippen MR) is 66.4 cm³/mol. The van der Waals surface area contributed by atoms with Crippen LogP contribution in [0.25, 0.3) is 0 Å². The lowest BCUT2D eigenvalue weighted by atomic mass is 10.2. The summed E-state index contributed by atoms with van der Waals surface area (Å²) in [6.07, 6.45) is 0.405. The Labute approximate surface area is 106 Å². The Morgan fingerprint density at radius 3 is 2.76 bits per heavy atom. The average molecular weight is 259 g/mol. The summed E-state index contributed by atoms with van der Waals surface area (Å²) in [6, 6.07) is 4.56. The van der Waals surface area contributed by atoms with Crippen molar-refractivity contribution in [2.75, 3.05) is 20.6 Å². The van der Waals surface area contributed by atoms with Crippen molar-refractivity contribution >= 4 is 17.5 Å². The van der Waals surface area contributed by atoms with E-state index in [-0.39, 0.29) is 11.7 Å². The molecule has 0 spiro atoms. The van der Waals surface area contributed by atoms with E-state index in [1.165, 1.54) is 11.0 Å². The minimum absolute atomic E-state index is 0.0501. The second kappa shape index (κ2) is 6.57. The Balaban J connectivity index is 2.34. The van der Waals surface area contributed by atoms with E-state index in [1.807, 2.05) is 0 Å². The van der Waals surface area contributed by atoms with Gasteiger partial charge in [0.2, 0.25) is 5.91 Å². The summed E-state index contributed by atoms with van der Waals surface area (Å²) in [5.74, 6) is -0.280. The summed E-state index contributed by atoms with van der Waals surface area (Å²) in [4.78, 5) is 12.8. The van der Waals surface area contributed by atoms with Crippen LogP contribution in [0.4, 0.5) is 4.39 Å². The molecular weight excluding hydrogens is 243 g/mol. The fourth-order valence-electron chi connectivity index (χ4n) is 1.31. The quantitative estimate of drug-likeness (QED) is 0.820. The van der Waals surface area contributed by atoms with E-state index >= 15 is 0 Å². The van der Waals surface area contributed by atoms with Gasteiger partial charge >= 0.3 is 0 Å². The summed E-state index contributed by atoms with van der Waals surface area (Å²) in [5, 5.41) is 3.40. The zero-order chi connectivity index (χ0) is 12.8. The number of nitrogens with zero attached hydrogens (tertiary/aromatic N) is 1. The molecule has 1 aromatic rings. The maximum Gasteiger partial charge on any atom is 0.223 e. The van der Waals surface area contributed by atoms with Gasteiger partial charge in [-0.25, -0.2) is 4.39 Å². The van der Waals surface area contributed by atoms with Gasteiger partial charge in [-0.15, -0.1) is 0 Å². The number of hydrogen-bond donors (Lipinski definition) is 1. The molecule has 0 aromatic heterocycles. The van der Waals surface area contributed by atoms with Gasteiger partial charge in [0.15, 0.2) is 0 Å². The molecule has 0 aliphatic heterocycles. The molecule has 0 aliphatic rings. The van der Waals surface area contributed by atoms with Crippen LogP contribution in [0.1, 0.15) is 12.0 Å². The lowest BCUT2D eigenvalue weighted by molar-refractivity contribution is -0.128. The van der Waals surface area contributed by atoms with Crippen molar-refractivity contribution in [1.29, 1.82) is 0 Å². The molecule has 3 nitrogen and oxygen atoms in total. The van der Waals surface area contributed by atoms with Gasteiger partial charge in [0, 0.05) is 44.2 Å². The van der Waals surface area contributed by atoms with Crippen LogP contribution in [0.2, 0.25) is 5.02 Å². The van der Waals surface area contributed by atoms with Gasteiger partial charge in [-0.3, -0.25) is 4.79 Å². The van der Waals surface area contributed by atoms with Crippen LogP contribution in [0, 0.1) is 5.82 Å². The van der Waals surface area contributed by atoms with Gasteiger partial charge in [0.05, 0.1) is 0 Å². The van der Waals surface area contributed by atoms with Crippen molar-refractivity contribution in [2.45, 2.75) is 13.0 Å². The molecule has 0 atom stereocenters. The van der Waals surface area contributed by atoms with Gasteiger partial charge in [0.25, 0.3) is 0 Å². The number of hydrogen-bond acceptors (Lipinski definition) is 2. The smallest absolute Gasteiger partial charge is 0.223 e. The first-order valence-corrected chi connectivity index (χ1v) is 5.73. The van der Waals surface area contributed by atoms with Crippen LogP contribution in [-0.4, -0.2) is 31.4 Å². The predicted octanol–water partition coefficient (Wildman–Crippen LogP) is 2.05. The second-order valence-electron chi connectivity index (χ2n) is 3.95. The van der Waals surface area contributed by atoms with Crippen LogP contribution < -0.4 is 5.32 Å². The summed E-state index contributed by atoms with van der Waals surface area (Å²) < 4.78 is 13.4. The molecule has 1 N–H and O–H groups in total. The third-order valence-electron chi connectivity index (χ3n) is 2.35. The van der Waals surface area contributed by atoms with E-state index in [2.05, 4.69) is 5.32 Å². The summed E-state index contributed by atoms with van der Waals surface area (Å²) in [6.45, 7) is 0.919. The van der Waals surface area contributed by atoms with Crippen LogP contribution >= 0.6 is 11.6 Å². The van der Waals surface area contributed by atoms with Gasteiger partial charge in [0.1, 0.15) is 5.82 Å². The molecule has 0 radical (unpaired) electrons. The maximum absolute atomic E-state index is 13.4. The molecule has 0 bridgehead atoms. The number of carbonyl (C=O) groups is 1. The molecule has 1 amide bonds. The minimum atomic E-state index is -0.330. The van der Waals surface area contributed by atoms with Crippen LogP contribution in [0.15, 0.2) is 18.2 Å². The molecule has 0 saturated carbocycles. The average Bonchev–Trinajstić information content (AvgIpc) is 2.26. The normalized spacial score (nSPS) is 10.4. The largest absolute Gasteiger partial charge is 0.349 e. The summed E-state index contributed by atoms with van der Waals surface area (Å²) in [5.41, 5.74) is 0.548. The molecule has 0 fully saturated rings. The first-order chi connectivity index (χ1) is 8.00. The number of benzene rings is 1. The van der Waals surface area contributed by atoms with Crippen molar-refractivity contribution in [3.63, 3.8) is 0 Å². The molecule has 0 heterocycles. The maximum atomic E-state index is 13.4. The van der Waals surface area contributed by atoms with Gasteiger partial charge in [-0.2, -0.15) is 0 Å². The third kappa shape index (κ3) is 4.71. The lowest BCUT2D eigenvalue weighted by Crippen LogP contribution is -2.26. The number of halogens is 2. The van der Waals surface area contributed by atoms with E-state index in [0.717, 1.165) is 0 Å². The summed E-state index contributed by atoms with van der Waals surface area (Å²) in [7, 11) is 3.42. The van der Waals surface area contributed by atoms with Gasteiger partial charge in [-0.1, -0.05) is 17.7 Å². The van der Waals surface area contributed by atoms with Gasteiger partial charge in [-0.05, 0) is 12.1 Å². The molecule has 0 aliphatic carbocycles. The Kier molecular flexibility index (Phi) is 5.38. The SMILES string of the molecule is CN(C)C(=O)CCNCc1ccc(Cl)cc1F. The van der Waals surface area contributed by atoms with Crippen LogP contribution in [0.5, 0.6) is 0 Å². The van der Waals surface area contributed by atoms with E-state index < -0.39 is 0 Å². The Bertz CT molecular complexity index is 396. The molecule has 1 aromatic carbocycles. The Hall–Kier alpha value is -1.13. The highest BCUT2D eigenvalue weighted by molar-refractivity contribution is 6.30. The number of rotatable bonds is 5. The van der Waals surface area contributed by atoms with Crippen molar-refractivity contribution in [3.05, 3.63) is 34.6 Å². The van der Waals surface area contributed by atoms with Crippen molar-refractivity contribution in [1.82, 2.24) is 10.2 Å². The first kappa shape index (κ1) is 13.9.